The second kappa shape index (κ2) is 5.34. The van der Waals surface area contributed by atoms with Crippen molar-refractivity contribution in [2.75, 3.05) is 25.4 Å². The van der Waals surface area contributed by atoms with Crippen LogP contribution in [0.3, 0.4) is 0 Å². The second-order valence-corrected chi connectivity index (χ2v) is 7.08. The van der Waals surface area contributed by atoms with Gasteiger partial charge in [-0.2, -0.15) is 11.8 Å². The van der Waals surface area contributed by atoms with Crippen molar-refractivity contribution in [1.82, 2.24) is 4.90 Å². The highest BCUT2D eigenvalue weighted by Gasteiger charge is 2.19. The number of carbonyl (C=O) groups excluding carboxylic acids is 1. The summed E-state index contributed by atoms with van der Waals surface area (Å²) in [7, 11) is 0. The first kappa shape index (κ1) is 12.1. The first-order valence-corrected chi connectivity index (χ1v) is 7.45. The Hall–Kier alpha value is -0.320. The van der Waals surface area contributed by atoms with Crippen LogP contribution in [0.15, 0.2) is 12.1 Å². The number of thiophene rings is 1. The average molecular weight is 255 g/mol. The highest BCUT2D eigenvalue weighted by atomic mass is 32.2. The zero-order valence-electron chi connectivity index (χ0n) is 9.73. The van der Waals surface area contributed by atoms with Gasteiger partial charge in [0.25, 0.3) is 0 Å². The minimum absolute atomic E-state index is 0.275. The molecule has 16 heavy (non-hydrogen) atoms. The van der Waals surface area contributed by atoms with E-state index in [1.165, 1.54) is 4.88 Å². The molecule has 88 valence electrons. The van der Waals surface area contributed by atoms with Gasteiger partial charge in [-0.3, -0.25) is 9.69 Å². The van der Waals surface area contributed by atoms with Crippen LogP contribution in [-0.4, -0.2) is 41.3 Å². The van der Waals surface area contributed by atoms with Gasteiger partial charge in [-0.25, -0.2) is 0 Å². The molecule has 1 aromatic rings. The number of thioether (sulfide) groups is 1. The third-order valence-electron chi connectivity index (χ3n) is 2.71. The van der Waals surface area contributed by atoms with Crippen molar-refractivity contribution in [3.05, 3.63) is 21.9 Å². The number of ketones is 1. The van der Waals surface area contributed by atoms with E-state index in [9.17, 15) is 4.79 Å². The topological polar surface area (TPSA) is 20.3 Å². The van der Waals surface area contributed by atoms with Gasteiger partial charge in [0.1, 0.15) is 0 Å². The zero-order valence-corrected chi connectivity index (χ0v) is 11.4. The van der Waals surface area contributed by atoms with Crippen molar-refractivity contribution in [2.24, 2.45) is 0 Å². The maximum atomic E-state index is 12.0. The van der Waals surface area contributed by atoms with E-state index in [4.69, 9.17) is 0 Å². The SMILES string of the molecule is Cc1ccc(C(=O)CN2CCSC(C)C2)s1. The fourth-order valence-corrected chi connectivity index (χ4v) is 3.78. The lowest BCUT2D eigenvalue weighted by Crippen LogP contribution is -2.39. The van der Waals surface area contributed by atoms with Gasteiger partial charge in [0.15, 0.2) is 5.78 Å². The van der Waals surface area contributed by atoms with Gasteiger partial charge in [0.2, 0.25) is 0 Å². The molecule has 0 saturated carbocycles. The number of hydrogen-bond acceptors (Lipinski definition) is 4. The second-order valence-electron chi connectivity index (χ2n) is 4.25. The number of hydrogen-bond donors (Lipinski definition) is 0. The molecular weight excluding hydrogens is 238 g/mol. The molecule has 2 nitrogen and oxygen atoms in total. The summed E-state index contributed by atoms with van der Waals surface area (Å²) in [5, 5.41) is 0.659. The van der Waals surface area contributed by atoms with E-state index >= 15 is 0 Å². The molecule has 0 amide bonds. The summed E-state index contributed by atoms with van der Waals surface area (Å²) < 4.78 is 0. The van der Waals surface area contributed by atoms with E-state index in [1.54, 1.807) is 11.3 Å². The first-order valence-electron chi connectivity index (χ1n) is 5.59. The molecule has 1 aromatic heterocycles. The van der Waals surface area contributed by atoms with Crippen LogP contribution in [0.25, 0.3) is 0 Å². The summed E-state index contributed by atoms with van der Waals surface area (Å²) in [6.07, 6.45) is 0. The minimum Gasteiger partial charge on any atom is -0.294 e. The zero-order chi connectivity index (χ0) is 11.5. The van der Waals surface area contributed by atoms with E-state index in [1.807, 2.05) is 30.8 Å². The van der Waals surface area contributed by atoms with Gasteiger partial charge in [0, 0.05) is 29.0 Å². The summed E-state index contributed by atoms with van der Waals surface area (Å²) in [6, 6.07) is 3.97. The molecule has 0 N–H and O–H groups in total. The molecule has 0 bridgehead atoms. The molecule has 0 aromatic carbocycles. The average Bonchev–Trinajstić information content (AvgIpc) is 2.65. The highest BCUT2D eigenvalue weighted by Crippen LogP contribution is 2.20. The molecule has 1 atom stereocenters. The molecule has 1 aliphatic rings. The molecule has 0 aliphatic carbocycles. The van der Waals surface area contributed by atoms with E-state index in [0.717, 1.165) is 23.7 Å². The van der Waals surface area contributed by atoms with Gasteiger partial charge in [-0.05, 0) is 19.1 Å². The fraction of sp³-hybridized carbons (Fsp3) is 0.583. The molecule has 1 aliphatic heterocycles. The lowest BCUT2D eigenvalue weighted by atomic mass is 10.2. The van der Waals surface area contributed by atoms with E-state index in [-0.39, 0.29) is 5.78 Å². The van der Waals surface area contributed by atoms with Crippen LogP contribution in [0.1, 0.15) is 21.5 Å². The lowest BCUT2D eigenvalue weighted by molar-refractivity contribution is 0.0938. The van der Waals surface area contributed by atoms with E-state index < -0.39 is 0 Å². The van der Waals surface area contributed by atoms with Crippen molar-refractivity contribution in [3.8, 4) is 0 Å². The summed E-state index contributed by atoms with van der Waals surface area (Å²) in [5.74, 6) is 1.43. The predicted molar refractivity (Wildman–Crippen MR) is 71.7 cm³/mol. The van der Waals surface area contributed by atoms with Crippen molar-refractivity contribution in [1.29, 1.82) is 0 Å². The van der Waals surface area contributed by atoms with Crippen LogP contribution in [0, 0.1) is 6.92 Å². The Morgan fingerprint density at radius 1 is 1.56 bits per heavy atom. The van der Waals surface area contributed by atoms with Crippen LogP contribution < -0.4 is 0 Å². The van der Waals surface area contributed by atoms with Gasteiger partial charge in [0.05, 0.1) is 11.4 Å². The largest absolute Gasteiger partial charge is 0.294 e. The molecular formula is C12H17NOS2. The normalized spacial score (nSPS) is 22.2. The Labute approximate surface area is 105 Å². The Bertz CT molecular complexity index is 375. The minimum atomic E-state index is 0.275. The number of Topliss-reactive ketones (excluding diaryl/α,β-unsaturated/α-hetero) is 1. The molecule has 2 heterocycles. The van der Waals surface area contributed by atoms with Crippen LogP contribution in [-0.2, 0) is 0 Å². The van der Waals surface area contributed by atoms with Crippen molar-refractivity contribution in [3.63, 3.8) is 0 Å². The van der Waals surface area contributed by atoms with Crippen LogP contribution in [0.4, 0.5) is 0 Å². The maximum Gasteiger partial charge on any atom is 0.186 e. The van der Waals surface area contributed by atoms with Gasteiger partial charge < -0.3 is 0 Å². The highest BCUT2D eigenvalue weighted by molar-refractivity contribution is 7.99. The molecule has 1 saturated heterocycles. The Kier molecular flexibility index (Phi) is 4.05. The Balaban J connectivity index is 1.92. The number of nitrogens with zero attached hydrogens (tertiary/aromatic N) is 1. The Morgan fingerprint density at radius 2 is 2.38 bits per heavy atom. The fourth-order valence-electron chi connectivity index (χ4n) is 1.90. The van der Waals surface area contributed by atoms with Crippen LogP contribution in [0.2, 0.25) is 0 Å². The van der Waals surface area contributed by atoms with Crippen LogP contribution in [0.5, 0.6) is 0 Å². The monoisotopic (exact) mass is 255 g/mol. The summed E-state index contributed by atoms with van der Waals surface area (Å²) in [4.78, 5) is 16.4. The van der Waals surface area contributed by atoms with Gasteiger partial charge >= 0.3 is 0 Å². The standard InChI is InChI=1S/C12H17NOS2/c1-9-3-4-12(16-9)11(14)8-13-5-6-15-10(2)7-13/h3-4,10H,5-8H2,1-2H3. The lowest BCUT2D eigenvalue weighted by Gasteiger charge is -2.29. The predicted octanol–water partition coefficient (Wildman–Crippen LogP) is 2.68. The molecule has 4 heteroatoms. The molecule has 0 spiro atoms. The first-order chi connectivity index (χ1) is 7.65. The third-order valence-corrected chi connectivity index (χ3v) is 4.89. The van der Waals surface area contributed by atoms with Gasteiger partial charge in [-0.15, -0.1) is 11.3 Å². The smallest absolute Gasteiger partial charge is 0.186 e. The number of carbonyl (C=O) groups is 1. The number of aryl methyl sites for hydroxylation is 1. The molecule has 1 fully saturated rings. The summed E-state index contributed by atoms with van der Waals surface area (Å²) in [6.45, 7) is 6.95. The van der Waals surface area contributed by atoms with Crippen molar-refractivity contribution < 1.29 is 4.79 Å². The maximum absolute atomic E-state index is 12.0. The summed E-state index contributed by atoms with van der Waals surface area (Å²) in [5.41, 5.74) is 0. The third kappa shape index (κ3) is 3.09. The van der Waals surface area contributed by atoms with Crippen molar-refractivity contribution in [2.45, 2.75) is 19.1 Å². The van der Waals surface area contributed by atoms with E-state index in [0.29, 0.717) is 11.8 Å². The number of rotatable bonds is 3. The van der Waals surface area contributed by atoms with Crippen molar-refractivity contribution >= 4 is 28.9 Å². The molecule has 0 radical (unpaired) electrons. The summed E-state index contributed by atoms with van der Waals surface area (Å²) >= 11 is 3.60. The Morgan fingerprint density at radius 3 is 3.00 bits per heavy atom. The van der Waals surface area contributed by atoms with E-state index in [2.05, 4.69) is 11.8 Å². The van der Waals surface area contributed by atoms with Crippen LogP contribution >= 0.6 is 23.1 Å². The van der Waals surface area contributed by atoms with Gasteiger partial charge in [-0.1, -0.05) is 6.92 Å². The molecule has 1 unspecified atom stereocenters. The molecule has 2 rings (SSSR count). The quantitative estimate of drug-likeness (QED) is 0.775.